The maximum atomic E-state index is 2.34. The minimum atomic E-state index is 0. The fraction of sp³-hybridized carbons (Fsp3) is 0.316. The molecule has 115 valence electrons. The molecule has 0 aromatic heterocycles. The minimum absolute atomic E-state index is 0. The summed E-state index contributed by atoms with van der Waals surface area (Å²) in [6, 6.07) is 13.3. The molecular weight excluding hydrogens is 530 g/mol. The Hall–Kier alpha value is 0.484. The van der Waals surface area contributed by atoms with Gasteiger partial charge in [-0.3, -0.25) is 0 Å². The Bertz CT molecular complexity index is 700. The molecule has 0 bridgehead atoms. The average molecular weight is 551 g/mol. The fourth-order valence-electron chi connectivity index (χ4n) is 3.47. The minimum Gasteiger partial charge on any atom is -1.00 e. The molecule has 22 heavy (non-hydrogen) atoms. The summed E-state index contributed by atoms with van der Waals surface area (Å²) in [6.07, 6.45) is 0. The third-order valence-corrected chi connectivity index (χ3v) is 4.97. The van der Waals surface area contributed by atoms with Crippen LogP contribution in [-0.2, 0) is 21.7 Å². The van der Waals surface area contributed by atoms with Crippen LogP contribution in [0.4, 0.5) is 0 Å². The first-order valence-electron chi connectivity index (χ1n) is 6.98. The van der Waals surface area contributed by atoms with Gasteiger partial charge in [0.25, 0.3) is 0 Å². The number of benzene rings is 1. The molecule has 2 aromatic carbocycles. The van der Waals surface area contributed by atoms with E-state index < -0.39 is 0 Å². The van der Waals surface area contributed by atoms with E-state index in [1.165, 1.54) is 38.6 Å². The van der Waals surface area contributed by atoms with Crippen LogP contribution in [0.1, 0.15) is 40.2 Å². The van der Waals surface area contributed by atoms with Gasteiger partial charge < -0.3 is 48.0 Å². The molecule has 0 N–H and O–H groups in total. The molecule has 3 heteroatoms. The molecule has 2 aromatic rings. The second kappa shape index (κ2) is 8.04. The van der Waals surface area contributed by atoms with Crippen LogP contribution in [0.2, 0.25) is 0 Å². The summed E-state index contributed by atoms with van der Waals surface area (Å²) in [5, 5.41) is 2.69. The Morgan fingerprint density at radius 2 is 1.50 bits per heavy atom. The van der Waals surface area contributed by atoms with Gasteiger partial charge in [-0.05, 0) is 26.2 Å². The van der Waals surface area contributed by atoms with E-state index in [9.17, 15) is 0 Å². The van der Waals surface area contributed by atoms with Gasteiger partial charge in [0.15, 0.2) is 0 Å². The molecule has 0 fully saturated rings. The number of fused-ring (bicyclic) bond motifs is 1. The van der Waals surface area contributed by atoms with E-state index in [0.29, 0.717) is 0 Å². The van der Waals surface area contributed by atoms with E-state index in [4.69, 9.17) is 0 Å². The van der Waals surface area contributed by atoms with Crippen LogP contribution in [-0.4, -0.2) is 0 Å². The normalized spacial score (nSPS) is 16.2. The molecule has 0 heterocycles. The molecule has 0 saturated heterocycles. The predicted molar refractivity (Wildman–Crippen MR) is 84.3 cm³/mol. The first-order chi connectivity index (χ1) is 8.93. The van der Waals surface area contributed by atoms with Crippen molar-refractivity contribution < 1.29 is 69.7 Å². The monoisotopic (exact) mass is 551 g/mol. The Labute approximate surface area is 183 Å². The molecule has 0 spiro atoms. The summed E-state index contributed by atoms with van der Waals surface area (Å²) in [4.78, 5) is 0. The van der Waals surface area contributed by atoms with Crippen molar-refractivity contribution in [2.75, 3.05) is 0 Å². The number of hydrogen-bond acceptors (Lipinski definition) is 0. The maximum Gasteiger partial charge on any atom is 3.00 e. The third-order valence-electron chi connectivity index (χ3n) is 4.97. The quantitative estimate of drug-likeness (QED) is 0.260. The first kappa shape index (κ1) is 22.5. The van der Waals surface area contributed by atoms with Crippen LogP contribution in [0.15, 0.2) is 53.1 Å². The van der Waals surface area contributed by atoms with Crippen LogP contribution in [0.3, 0.4) is 0 Å². The van der Waals surface area contributed by atoms with Crippen molar-refractivity contribution >= 4 is 16.3 Å². The average Bonchev–Trinajstić information content (AvgIpc) is 2.84. The maximum absolute atomic E-state index is 2.34. The van der Waals surface area contributed by atoms with Crippen LogP contribution < -0.4 is 48.0 Å². The van der Waals surface area contributed by atoms with Crippen LogP contribution in [0, 0.1) is 5.41 Å². The van der Waals surface area contributed by atoms with Crippen molar-refractivity contribution in [3.8, 4) is 0 Å². The van der Waals surface area contributed by atoms with Gasteiger partial charge in [0.05, 0.1) is 0 Å². The molecule has 0 unspecified atom stereocenters. The first-order valence-corrected chi connectivity index (χ1v) is 6.98. The molecule has 0 nitrogen and oxygen atoms in total. The van der Waals surface area contributed by atoms with Crippen molar-refractivity contribution in [1.29, 1.82) is 0 Å². The SMILES string of the molecule is CC1=C(C)C(C)(C)C(c2cc3ccccc3[cH-]2)=C1C.[I-].[I-].[Ti+3]. The van der Waals surface area contributed by atoms with E-state index in [0.717, 1.165) is 0 Å². The summed E-state index contributed by atoms with van der Waals surface area (Å²) in [5.41, 5.74) is 7.46. The van der Waals surface area contributed by atoms with Gasteiger partial charge in [0, 0.05) is 0 Å². The van der Waals surface area contributed by atoms with Gasteiger partial charge in [0.1, 0.15) is 0 Å². The molecule has 0 aliphatic heterocycles. The molecule has 3 rings (SSSR count). The molecule has 1 aliphatic rings. The van der Waals surface area contributed by atoms with Gasteiger partial charge in [-0.1, -0.05) is 54.3 Å². The predicted octanol–water partition coefficient (Wildman–Crippen LogP) is -0.286. The summed E-state index contributed by atoms with van der Waals surface area (Å²) >= 11 is 0. The van der Waals surface area contributed by atoms with E-state index >= 15 is 0 Å². The fourth-order valence-corrected chi connectivity index (χ4v) is 3.47. The largest absolute Gasteiger partial charge is 3.00 e. The molecule has 1 radical (unpaired) electrons. The van der Waals surface area contributed by atoms with Gasteiger partial charge in [0.2, 0.25) is 0 Å². The van der Waals surface area contributed by atoms with Gasteiger partial charge >= 0.3 is 21.7 Å². The van der Waals surface area contributed by atoms with Crippen molar-refractivity contribution in [1.82, 2.24) is 0 Å². The van der Waals surface area contributed by atoms with Crippen molar-refractivity contribution in [3.05, 3.63) is 58.7 Å². The summed E-state index contributed by atoms with van der Waals surface area (Å²) in [7, 11) is 0. The van der Waals surface area contributed by atoms with E-state index in [2.05, 4.69) is 71.0 Å². The van der Waals surface area contributed by atoms with E-state index in [1.54, 1.807) is 0 Å². The third kappa shape index (κ3) is 3.45. The van der Waals surface area contributed by atoms with Crippen molar-refractivity contribution in [2.24, 2.45) is 5.41 Å². The Kier molecular flexibility index (Phi) is 8.22. The van der Waals surface area contributed by atoms with Crippen LogP contribution in [0.5, 0.6) is 0 Å². The summed E-state index contributed by atoms with van der Waals surface area (Å²) in [6.45, 7) is 11.5. The number of allylic oxidation sites excluding steroid dienone is 4. The van der Waals surface area contributed by atoms with Crippen molar-refractivity contribution in [2.45, 2.75) is 34.6 Å². The Balaban J connectivity index is 0.00000147. The second-order valence-corrected chi connectivity index (χ2v) is 6.25. The van der Waals surface area contributed by atoms with Gasteiger partial charge in [-0.15, -0.1) is 34.5 Å². The van der Waals surface area contributed by atoms with Crippen molar-refractivity contribution in [3.63, 3.8) is 0 Å². The molecule has 0 atom stereocenters. The Morgan fingerprint density at radius 1 is 0.909 bits per heavy atom. The zero-order valence-electron chi connectivity index (χ0n) is 13.7. The topological polar surface area (TPSA) is 0 Å². The van der Waals surface area contributed by atoms with E-state index in [1.807, 2.05) is 0 Å². The van der Waals surface area contributed by atoms with Crippen LogP contribution in [0.25, 0.3) is 16.3 Å². The second-order valence-electron chi connectivity index (χ2n) is 6.25. The van der Waals surface area contributed by atoms with Gasteiger partial charge in [-0.2, -0.15) is 0 Å². The van der Waals surface area contributed by atoms with Crippen LogP contribution >= 0.6 is 0 Å². The molecular formula is C19H21I2Ti. The zero-order chi connectivity index (χ0) is 13.8. The molecule has 0 saturated carbocycles. The number of rotatable bonds is 1. The van der Waals surface area contributed by atoms with E-state index in [-0.39, 0.29) is 75.1 Å². The molecule has 1 aliphatic carbocycles. The van der Waals surface area contributed by atoms with Gasteiger partial charge in [-0.25, -0.2) is 0 Å². The Morgan fingerprint density at radius 3 is 2.00 bits per heavy atom. The summed E-state index contributed by atoms with van der Waals surface area (Å²) < 4.78 is 0. The summed E-state index contributed by atoms with van der Waals surface area (Å²) in [5.74, 6) is 0. The number of hydrogen-bond donors (Lipinski definition) is 0. The molecule has 0 amide bonds. The standard InChI is InChI=1S/C19H21.2HI.Ti/c1-12-13(2)18(19(4,5)14(12)3)17-10-15-8-6-7-9-16(15)11-17;;;/h6-11H,1-5H3;2*1H;/q-1;;;+3/p-2. The zero-order valence-corrected chi connectivity index (χ0v) is 19.6. The smallest absolute Gasteiger partial charge is 1.00 e. The number of halogens is 2.